The van der Waals surface area contributed by atoms with E-state index in [9.17, 15) is 4.79 Å². The van der Waals surface area contributed by atoms with E-state index in [4.69, 9.17) is 16.6 Å². The highest BCUT2D eigenvalue weighted by Gasteiger charge is 2.25. The summed E-state index contributed by atoms with van der Waals surface area (Å²) in [5.41, 5.74) is 1.08. The summed E-state index contributed by atoms with van der Waals surface area (Å²) in [6, 6.07) is 10.5. The number of nitrogens with zero attached hydrogens (tertiary/aromatic N) is 3. The number of pyridine rings is 1. The predicted octanol–water partition coefficient (Wildman–Crippen LogP) is 4.77. The number of amides is 1. The monoisotopic (exact) mass is 400 g/mol. The molecule has 2 aromatic heterocycles. The number of anilines is 2. The second kappa shape index (κ2) is 8.23. The highest BCUT2D eigenvalue weighted by molar-refractivity contribution is 7.13. The molecule has 0 bridgehead atoms. The van der Waals surface area contributed by atoms with Crippen LogP contribution in [0.4, 0.5) is 10.9 Å². The Morgan fingerprint density at radius 1 is 1.30 bits per heavy atom. The Balaban J connectivity index is 1.58. The van der Waals surface area contributed by atoms with Crippen molar-refractivity contribution in [2.45, 2.75) is 25.2 Å². The first kappa shape index (κ1) is 18.2. The molecule has 0 unspecified atom stereocenters. The first-order valence-electron chi connectivity index (χ1n) is 9.14. The van der Waals surface area contributed by atoms with Crippen LogP contribution in [0.3, 0.4) is 0 Å². The number of carbonyl (C=O) groups is 1. The van der Waals surface area contributed by atoms with Crippen molar-refractivity contribution in [3.63, 3.8) is 0 Å². The molecule has 1 aliphatic heterocycles. The van der Waals surface area contributed by atoms with E-state index in [2.05, 4.69) is 28.5 Å². The van der Waals surface area contributed by atoms with E-state index < -0.39 is 0 Å². The van der Waals surface area contributed by atoms with Crippen LogP contribution in [-0.4, -0.2) is 39.7 Å². The lowest BCUT2D eigenvalue weighted by atomic mass is 9.92. The minimum Gasteiger partial charge on any atom is -0.343 e. The van der Waals surface area contributed by atoms with Gasteiger partial charge in [-0.1, -0.05) is 24.3 Å². The summed E-state index contributed by atoms with van der Waals surface area (Å²) in [5.74, 6) is 1.74. The van der Waals surface area contributed by atoms with Gasteiger partial charge in [-0.15, -0.1) is 22.9 Å². The number of likely N-dealkylation sites (tertiary alicyclic amines) is 1. The van der Waals surface area contributed by atoms with Crippen LogP contribution >= 0.6 is 22.9 Å². The van der Waals surface area contributed by atoms with Gasteiger partial charge in [-0.05, 0) is 24.3 Å². The van der Waals surface area contributed by atoms with Gasteiger partial charge in [0, 0.05) is 54.0 Å². The number of rotatable bonds is 5. The zero-order valence-corrected chi connectivity index (χ0v) is 16.5. The van der Waals surface area contributed by atoms with Crippen molar-refractivity contribution < 1.29 is 4.79 Å². The van der Waals surface area contributed by atoms with Crippen molar-refractivity contribution in [3.8, 4) is 0 Å². The van der Waals surface area contributed by atoms with Crippen molar-refractivity contribution in [1.82, 2.24) is 14.9 Å². The van der Waals surface area contributed by atoms with Gasteiger partial charge in [0.2, 0.25) is 5.91 Å². The molecule has 0 atom stereocenters. The van der Waals surface area contributed by atoms with Crippen LogP contribution in [0.15, 0.2) is 41.9 Å². The van der Waals surface area contributed by atoms with Gasteiger partial charge in [0.1, 0.15) is 5.82 Å². The molecule has 1 fully saturated rings. The van der Waals surface area contributed by atoms with E-state index in [0.29, 0.717) is 18.2 Å². The SMILES string of the molecule is O=C(CCCl)N1CCC(c2cc3ccccc3c(Nc3nccs3)n2)CC1. The fourth-order valence-electron chi connectivity index (χ4n) is 3.57. The molecule has 1 N–H and O–H groups in total. The molecular formula is C20H21ClN4OS. The third-order valence-electron chi connectivity index (χ3n) is 4.99. The zero-order valence-electron chi connectivity index (χ0n) is 14.9. The number of carbonyl (C=O) groups excluding carboxylic acids is 1. The van der Waals surface area contributed by atoms with Crippen molar-refractivity contribution in [1.29, 1.82) is 0 Å². The summed E-state index contributed by atoms with van der Waals surface area (Å²) >= 11 is 7.26. The molecule has 1 aromatic carbocycles. The summed E-state index contributed by atoms with van der Waals surface area (Å²) in [7, 11) is 0. The number of nitrogens with one attached hydrogen (secondary N) is 1. The molecule has 1 amide bonds. The van der Waals surface area contributed by atoms with Gasteiger partial charge < -0.3 is 10.2 Å². The molecule has 27 heavy (non-hydrogen) atoms. The molecule has 140 valence electrons. The first-order chi connectivity index (χ1) is 13.2. The largest absolute Gasteiger partial charge is 0.343 e. The number of alkyl halides is 1. The molecule has 3 heterocycles. The molecule has 4 rings (SSSR count). The molecule has 0 aliphatic carbocycles. The number of hydrogen-bond donors (Lipinski definition) is 1. The van der Waals surface area contributed by atoms with Gasteiger partial charge in [0.25, 0.3) is 0 Å². The van der Waals surface area contributed by atoms with Crippen molar-refractivity contribution in [3.05, 3.63) is 47.6 Å². The van der Waals surface area contributed by atoms with E-state index >= 15 is 0 Å². The van der Waals surface area contributed by atoms with Crippen LogP contribution in [0.5, 0.6) is 0 Å². The first-order valence-corrected chi connectivity index (χ1v) is 10.6. The third kappa shape index (κ3) is 4.06. The Hall–Kier alpha value is -2.18. The number of benzene rings is 1. The molecule has 0 radical (unpaired) electrons. The van der Waals surface area contributed by atoms with Gasteiger partial charge in [0.05, 0.1) is 0 Å². The molecule has 1 saturated heterocycles. The summed E-state index contributed by atoms with van der Waals surface area (Å²) in [4.78, 5) is 23.2. The smallest absolute Gasteiger partial charge is 0.223 e. The Labute approximate surface area is 167 Å². The topological polar surface area (TPSA) is 58.1 Å². The maximum Gasteiger partial charge on any atom is 0.223 e. The molecule has 3 aromatic rings. The zero-order chi connectivity index (χ0) is 18.6. The van der Waals surface area contributed by atoms with Crippen LogP contribution < -0.4 is 5.32 Å². The van der Waals surface area contributed by atoms with Gasteiger partial charge in [-0.3, -0.25) is 4.79 Å². The van der Waals surface area contributed by atoms with Gasteiger partial charge in [-0.25, -0.2) is 9.97 Å². The van der Waals surface area contributed by atoms with E-state index in [1.165, 1.54) is 5.39 Å². The number of halogens is 1. The number of hydrogen-bond acceptors (Lipinski definition) is 5. The van der Waals surface area contributed by atoms with E-state index in [1.54, 1.807) is 17.5 Å². The standard InChI is InChI=1S/C20H21ClN4OS/c21-8-5-18(26)25-10-6-14(7-11-25)17-13-15-3-1-2-4-16(15)19(23-17)24-20-22-9-12-27-20/h1-4,9,12-14H,5-8,10-11H2,(H,22,23,24). The second-order valence-electron chi connectivity index (χ2n) is 6.67. The lowest BCUT2D eigenvalue weighted by Crippen LogP contribution is -2.38. The molecule has 0 saturated carbocycles. The average molecular weight is 401 g/mol. The maximum absolute atomic E-state index is 12.1. The lowest BCUT2D eigenvalue weighted by molar-refractivity contribution is -0.131. The van der Waals surface area contributed by atoms with Crippen LogP contribution in [0.1, 0.15) is 30.9 Å². The summed E-state index contributed by atoms with van der Waals surface area (Å²) in [6.45, 7) is 1.54. The number of aromatic nitrogens is 2. The quantitative estimate of drug-likeness (QED) is 0.627. The fraction of sp³-hybridized carbons (Fsp3) is 0.350. The summed E-state index contributed by atoms with van der Waals surface area (Å²) < 4.78 is 0. The number of piperidine rings is 1. The number of thiazole rings is 1. The lowest BCUT2D eigenvalue weighted by Gasteiger charge is -2.32. The molecule has 0 spiro atoms. The Morgan fingerprint density at radius 3 is 2.85 bits per heavy atom. The molecule has 5 nitrogen and oxygen atoms in total. The van der Waals surface area contributed by atoms with Crippen molar-refractivity contribution in [2.24, 2.45) is 0 Å². The van der Waals surface area contributed by atoms with Crippen molar-refractivity contribution >= 4 is 50.6 Å². The minimum atomic E-state index is 0.154. The number of fused-ring (bicyclic) bond motifs is 1. The van der Waals surface area contributed by atoms with Crippen molar-refractivity contribution in [2.75, 3.05) is 24.3 Å². The van der Waals surface area contributed by atoms with Crippen LogP contribution in [0.2, 0.25) is 0 Å². The van der Waals surface area contributed by atoms with Crippen LogP contribution in [0, 0.1) is 0 Å². The Kier molecular flexibility index (Phi) is 5.55. The average Bonchev–Trinajstić information content (AvgIpc) is 3.21. The van der Waals surface area contributed by atoms with E-state index in [0.717, 1.165) is 48.0 Å². The maximum atomic E-state index is 12.1. The molecular weight excluding hydrogens is 380 g/mol. The fourth-order valence-corrected chi connectivity index (χ4v) is 4.26. The Morgan fingerprint density at radius 2 is 2.11 bits per heavy atom. The Bertz CT molecular complexity index is 923. The third-order valence-corrected chi connectivity index (χ3v) is 5.87. The van der Waals surface area contributed by atoms with Gasteiger partial charge in [0.15, 0.2) is 5.13 Å². The highest BCUT2D eigenvalue weighted by atomic mass is 35.5. The van der Waals surface area contributed by atoms with E-state index in [-0.39, 0.29) is 5.91 Å². The molecule has 1 aliphatic rings. The minimum absolute atomic E-state index is 0.154. The van der Waals surface area contributed by atoms with Gasteiger partial charge >= 0.3 is 0 Å². The predicted molar refractivity (Wildman–Crippen MR) is 111 cm³/mol. The molecule has 7 heteroatoms. The summed E-state index contributed by atoms with van der Waals surface area (Å²) in [6.07, 6.45) is 4.06. The highest BCUT2D eigenvalue weighted by Crippen LogP contribution is 2.33. The second-order valence-corrected chi connectivity index (χ2v) is 7.95. The van der Waals surface area contributed by atoms with E-state index in [1.807, 2.05) is 22.4 Å². The van der Waals surface area contributed by atoms with Crippen LogP contribution in [-0.2, 0) is 4.79 Å². The summed E-state index contributed by atoms with van der Waals surface area (Å²) in [5, 5.41) is 8.41. The van der Waals surface area contributed by atoms with Crippen LogP contribution in [0.25, 0.3) is 10.8 Å². The normalized spacial score (nSPS) is 15.2. The van der Waals surface area contributed by atoms with Gasteiger partial charge in [-0.2, -0.15) is 0 Å².